The first-order valence-electron chi connectivity index (χ1n) is 6.11. The van der Waals surface area contributed by atoms with Crippen molar-refractivity contribution in [3.8, 4) is 6.01 Å². The molecule has 0 spiro atoms. The number of carbonyl (C=O) groups is 1. The van der Waals surface area contributed by atoms with E-state index in [1.165, 1.54) is 30.9 Å². The third-order valence-electron chi connectivity index (χ3n) is 2.44. The van der Waals surface area contributed by atoms with E-state index in [-0.39, 0.29) is 21.5 Å². The van der Waals surface area contributed by atoms with Crippen LogP contribution in [0.3, 0.4) is 0 Å². The molecule has 0 fully saturated rings. The van der Waals surface area contributed by atoms with E-state index in [9.17, 15) is 13.2 Å². The van der Waals surface area contributed by atoms with Crippen molar-refractivity contribution in [3.63, 3.8) is 0 Å². The predicted octanol–water partition coefficient (Wildman–Crippen LogP) is 1.52. The Labute approximate surface area is 131 Å². The van der Waals surface area contributed by atoms with Gasteiger partial charge in [-0.25, -0.2) is 23.2 Å². The number of ether oxygens (including phenoxy) is 2. The smallest absolute Gasteiger partial charge is 0.349 e. The lowest BCUT2D eigenvalue weighted by Gasteiger charge is -2.08. The second kappa shape index (κ2) is 6.71. The van der Waals surface area contributed by atoms with E-state index < -0.39 is 16.0 Å². The lowest BCUT2D eigenvalue weighted by atomic mass is 10.5. The molecule has 0 saturated heterocycles. The molecule has 0 aliphatic rings. The standard InChI is InChI=1S/C12H13N3O5S2/c1-3-20-12-13-6-8(7-14-12)15-22(17,18)9-4-5-21-10(9)11(16)19-2/h4-7,15H,3H2,1-2H3. The van der Waals surface area contributed by atoms with Gasteiger partial charge in [0.15, 0.2) is 0 Å². The number of nitrogens with one attached hydrogen (secondary N) is 1. The van der Waals surface area contributed by atoms with Crippen LogP contribution in [0.4, 0.5) is 5.69 Å². The molecule has 10 heteroatoms. The summed E-state index contributed by atoms with van der Waals surface area (Å²) in [4.78, 5) is 19.1. The Morgan fingerprint density at radius 2 is 2.05 bits per heavy atom. The van der Waals surface area contributed by atoms with Gasteiger partial charge in [-0.05, 0) is 18.4 Å². The highest BCUT2D eigenvalue weighted by atomic mass is 32.2. The first kappa shape index (κ1) is 16.2. The van der Waals surface area contributed by atoms with E-state index in [0.717, 1.165) is 11.3 Å². The molecule has 0 bridgehead atoms. The highest BCUT2D eigenvalue weighted by Crippen LogP contribution is 2.24. The molecular formula is C12H13N3O5S2. The van der Waals surface area contributed by atoms with Crippen molar-refractivity contribution >= 4 is 33.0 Å². The van der Waals surface area contributed by atoms with Crippen LogP contribution in [-0.2, 0) is 14.8 Å². The Balaban J connectivity index is 2.24. The van der Waals surface area contributed by atoms with E-state index in [2.05, 4.69) is 19.4 Å². The maximum atomic E-state index is 12.3. The molecule has 22 heavy (non-hydrogen) atoms. The number of aromatic nitrogens is 2. The van der Waals surface area contributed by atoms with Gasteiger partial charge in [0.25, 0.3) is 10.0 Å². The Hall–Kier alpha value is -2.20. The quantitative estimate of drug-likeness (QED) is 0.792. The largest absolute Gasteiger partial charge is 0.465 e. The van der Waals surface area contributed by atoms with E-state index in [0.29, 0.717) is 6.61 Å². The van der Waals surface area contributed by atoms with Crippen molar-refractivity contribution < 1.29 is 22.7 Å². The Morgan fingerprint density at radius 3 is 2.64 bits per heavy atom. The first-order valence-corrected chi connectivity index (χ1v) is 8.47. The zero-order valence-corrected chi connectivity index (χ0v) is 13.4. The van der Waals surface area contributed by atoms with Crippen LogP contribution < -0.4 is 9.46 Å². The number of hydrogen-bond donors (Lipinski definition) is 1. The van der Waals surface area contributed by atoms with Gasteiger partial charge in [-0.2, -0.15) is 0 Å². The minimum absolute atomic E-state index is 0.00172. The number of carbonyl (C=O) groups excluding carboxylic acids is 1. The van der Waals surface area contributed by atoms with Gasteiger partial charge in [0.2, 0.25) is 0 Å². The van der Waals surface area contributed by atoms with Crippen LogP contribution in [-0.4, -0.2) is 38.1 Å². The van der Waals surface area contributed by atoms with Crippen LogP contribution >= 0.6 is 11.3 Å². The van der Waals surface area contributed by atoms with Crippen molar-refractivity contribution in [2.75, 3.05) is 18.4 Å². The molecule has 0 aliphatic heterocycles. The number of anilines is 1. The van der Waals surface area contributed by atoms with Crippen molar-refractivity contribution in [1.29, 1.82) is 0 Å². The minimum Gasteiger partial charge on any atom is -0.465 e. The number of thiophene rings is 1. The summed E-state index contributed by atoms with van der Waals surface area (Å²) < 4.78 is 36.6. The molecule has 0 aromatic carbocycles. The van der Waals surface area contributed by atoms with E-state index in [4.69, 9.17) is 4.74 Å². The van der Waals surface area contributed by atoms with E-state index in [1.807, 2.05) is 0 Å². The number of rotatable bonds is 6. The van der Waals surface area contributed by atoms with Crippen molar-refractivity contribution in [1.82, 2.24) is 9.97 Å². The van der Waals surface area contributed by atoms with Crippen LogP contribution in [0.2, 0.25) is 0 Å². The summed E-state index contributed by atoms with van der Waals surface area (Å²) >= 11 is 0.984. The second-order valence-corrected chi connectivity index (χ2v) is 6.47. The molecule has 2 rings (SSSR count). The molecule has 118 valence electrons. The Bertz CT molecular complexity index is 755. The van der Waals surface area contributed by atoms with Gasteiger partial charge in [-0.3, -0.25) is 4.72 Å². The average Bonchev–Trinajstić information content (AvgIpc) is 2.99. The summed E-state index contributed by atoms with van der Waals surface area (Å²) in [5.41, 5.74) is 0.158. The van der Waals surface area contributed by atoms with Crippen LogP contribution in [0, 0.1) is 0 Å². The predicted molar refractivity (Wildman–Crippen MR) is 79.7 cm³/mol. The van der Waals surface area contributed by atoms with Crippen LogP contribution in [0.15, 0.2) is 28.7 Å². The van der Waals surface area contributed by atoms with Gasteiger partial charge < -0.3 is 9.47 Å². The zero-order chi connectivity index (χ0) is 16.2. The zero-order valence-electron chi connectivity index (χ0n) is 11.8. The Kier molecular flexibility index (Phi) is 4.93. The molecule has 0 aliphatic carbocycles. The maximum absolute atomic E-state index is 12.3. The number of hydrogen-bond acceptors (Lipinski definition) is 8. The lowest BCUT2D eigenvalue weighted by molar-refractivity contribution is 0.0602. The first-order chi connectivity index (χ1) is 10.5. The fourth-order valence-corrected chi connectivity index (χ4v) is 3.90. The summed E-state index contributed by atoms with van der Waals surface area (Å²) in [7, 11) is -2.76. The summed E-state index contributed by atoms with van der Waals surface area (Å²) in [6.07, 6.45) is 2.56. The summed E-state index contributed by atoms with van der Waals surface area (Å²) in [5, 5.41) is 1.50. The molecule has 8 nitrogen and oxygen atoms in total. The third-order valence-corrected chi connectivity index (χ3v) is 4.89. The Morgan fingerprint density at radius 1 is 1.36 bits per heavy atom. The fraction of sp³-hybridized carbons (Fsp3) is 0.250. The van der Waals surface area contributed by atoms with Gasteiger partial charge in [0, 0.05) is 0 Å². The normalized spacial score (nSPS) is 11.0. The van der Waals surface area contributed by atoms with Crippen LogP contribution in [0.5, 0.6) is 6.01 Å². The highest BCUT2D eigenvalue weighted by molar-refractivity contribution is 7.93. The molecule has 0 atom stereocenters. The molecule has 1 N–H and O–H groups in total. The number of methoxy groups -OCH3 is 1. The van der Waals surface area contributed by atoms with E-state index in [1.54, 1.807) is 6.92 Å². The van der Waals surface area contributed by atoms with Crippen LogP contribution in [0.1, 0.15) is 16.6 Å². The number of esters is 1. The van der Waals surface area contributed by atoms with Crippen LogP contribution in [0.25, 0.3) is 0 Å². The molecular weight excluding hydrogens is 330 g/mol. The van der Waals surface area contributed by atoms with Gasteiger partial charge in [0.1, 0.15) is 9.77 Å². The van der Waals surface area contributed by atoms with Gasteiger partial charge in [0.05, 0.1) is 31.8 Å². The number of nitrogens with zero attached hydrogens (tertiary/aromatic N) is 2. The topological polar surface area (TPSA) is 107 Å². The molecule has 0 unspecified atom stereocenters. The molecule has 0 radical (unpaired) electrons. The van der Waals surface area contributed by atoms with Gasteiger partial charge in [-0.1, -0.05) is 0 Å². The van der Waals surface area contributed by atoms with Gasteiger partial charge >= 0.3 is 12.0 Å². The van der Waals surface area contributed by atoms with Crippen molar-refractivity contribution in [2.24, 2.45) is 0 Å². The second-order valence-electron chi connectivity index (χ2n) is 3.90. The van der Waals surface area contributed by atoms with Gasteiger partial charge in [-0.15, -0.1) is 11.3 Å². The average molecular weight is 343 g/mol. The summed E-state index contributed by atoms with van der Waals surface area (Å²) in [5.74, 6) is -0.710. The summed E-state index contributed by atoms with van der Waals surface area (Å²) in [6, 6.07) is 1.48. The van der Waals surface area contributed by atoms with Crippen molar-refractivity contribution in [3.05, 3.63) is 28.7 Å². The molecule has 0 saturated carbocycles. The maximum Gasteiger partial charge on any atom is 0.349 e. The highest BCUT2D eigenvalue weighted by Gasteiger charge is 2.24. The lowest BCUT2D eigenvalue weighted by Crippen LogP contribution is -2.16. The SMILES string of the molecule is CCOc1ncc(NS(=O)(=O)c2ccsc2C(=O)OC)cn1. The molecule has 2 heterocycles. The van der Waals surface area contributed by atoms with Crippen molar-refractivity contribution in [2.45, 2.75) is 11.8 Å². The number of sulfonamides is 1. The summed E-state index contributed by atoms with van der Waals surface area (Å²) in [6.45, 7) is 2.19. The fourth-order valence-electron chi connectivity index (χ4n) is 1.53. The minimum atomic E-state index is -3.94. The molecule has 2 aromatic rings. The van der Waals surface area contributed by atoms with E-state index >= 15 is 0 Å². The molecule has 0 amide bonds. The molecule has 2 aromatic heterocycles. The third kappa shape index (κ3) is 3.52. The monoisotopic (exact) mass is 343 g/mol.